The molecule has 3 rings (SSSR count). The number of carbonyl (C=O) groups is 3. The Morgan fingerprint density at radius 3 is 2.55 bits per heavy atom. The maximum absolute atomic E-state index is 13.1. The van der Waals surface area contributed by atoms with Crippen LogP contribution in [0.25, 0.3) is 6.08 Å². The zero-order valence-electron chi connectivity index (χ0n) is 18.2. The molecule has 0 radical (unpaired) electrons. The van der Waals surface area contributed by atoms with Gasteiger partial charge in [-0.3, -0.25) is 19.8 Å². The van der Waals surface area contributed by atoms with E-state index < -0.39 is 17.8 Å². The number of ether oxygens (including phenoxy) is 2. The summed E-state index contributed by atoms with van der Waals surface area (Å²) in [7, 11) is 0. The van der Waals surface area contributed by atoms with Crippen molar-refractivity contribution >= 4 is 46.5 Å². The minimum absolute atomic E-state index is 0.0256. The number of nitrogens with zero attached hydrogens (tertiary/aromatic N) is 1. The fourth-order valence-corrected chi connectivity index (χ4v) is 4.59. The number of nitrogens with one attached hydrogen (secondary N) is 1. The van der Waals surface area contributed by atoms with E-state index in [1.165, 1.54) is 11.0 Å². The lowest BCUT2D eigenvalue weighted by atomic mass is 9.93. The van der Waals surface area contributed by atoms with Crippen LogP contribution < -0.4 is 14.8 Å². The van der Waals surface area contributed by atoms with E-state index in [4.69, 9.17) is 9.47 Å². The number of amides is 4. The molecule has 0 unspecified atom stereocenters. The number of halogens is 1. The highest BCUT2D eigenvalue weighted by atomic mass is 127. The summed E-state index contributed by atoms with van der Waals surface area (Å²) < 4.78 is 12.6. The quantitative estimate of drug-likeness (QED) is 0.309. The van der Waals surface area contributed by atoms with Gasteiger partial charge in [0.05, 0.1) is 16.3 Å². The molecule has 0 bridgehead atoms. The smallest absolute Gasteiger partial charge is 0.331 e. The number of carbonyl (C=O) groups excluding carboxylic acids is 3. The first-order valence-corrected chi connectivity index (χ1v) is 12.0. The van der Waals surface area contributed by atoms with Gasteiger partial charge < -0.3 is 9.47 Å². The van der Waals surface area contributed by atoms with Crippen LogP contribution in [0.4, 0.5) is 4.79 Å². The lowest BCUT2D eigenvalue weighted by molar-refractivity contribution is -0.132. The van der Waals surface area contributed by atoms with Gasteiger partial charge in [0.2, 0.25) is 0 Å². The number of hydrogen-bond acceptors (Lipinski definition) is 5. The average Bonchev–Trinajstić information content (AvgIpc) is 2.74. The Hall–Kier alpha value is -2.10. The van der Waals surface area contributed by atoms with E-state index in [0.717, 1.165) is 42.1 Å². The van der Waals surface area contributed by atoms with Gasteiger partial charge in [-0.2, -0.15) is 0 Å². The van der Waals surface area contributed by atoms with Crippen molar-refractivity contribution in [3.63, 3.8) is 0 Å². The monoisotopic (exact) mass is 540 g/mol. The standard InChI is InChI=1S/C23H29IN2O5/c1-4-14(3)31-20-18(24)12-15(13-19(20)30-5-2)11-17-21(27)25-23(29)26(22(17)28)16-9-7-6-8-10-16/h11-14,16H,4-10H2,1-3H3,(H,25,27,29)/b17-11+/t14-/m0/s1. The predicted octanol–water partition coefficient (Wildman–Crippen LogP) is 4.66. The molecule has 1 aromatic carbocycles. The summed E-state index contributed by atoms with van der Waals surface area (Å²) in [5, 5.41) is 2.33. The number of barbiturate groups is 1. The number of urea groups is 1. The summed E-state index contributed by atoms with van der Waals surface area (Å²) in [4.78, 5) is 39.2. The summed E-state index contributed by atoms with van der Waals surface area (Å²) in [6, 6.07) is 2.82. The third-order valence-corrected chi connectivity index (χ3v) is 6.41. The molecular formula is C23H29IN2O5. The van der Waals surface area contributed by atoms with Gasteiger partial charge in [-0.1, -0.05) is 26.2 Å². The van der Waals surface area contributed by atoms with Crippen molar-refractivity contribution in [2.24, 2.45) is 0 Å². The van der Waals surface area contributed by atoms with Crippen LogP contribution in [0.15, 0.2) is 17.7 Å². The Kier molecular flexibility index (Phi) is 7.96. The van der Waals surface area contributed by atoms with Gasteiger partial charge in [-0.15, -0.1) is 0 Å². The second kappa shape index (κ2) is 10.5. The van der Waals surface area contributed by atoms with Gasteiger partial charge in [0.15, 0.2) is 11.5 Å². The van der Waals surface area contributed by atoms with Crippen molar-refractivity contribution in [3.05, 3.63) is 26.8 Å². The Morgan fingerprint density at radius 1 is 1.19 bits per heavy atom. The largest absolute Gasteiger partial charge is 0.490 e. The molecule has 1 atom stereocenters. The van der Waals surface area contributed by atoms with Crippen LogP contribution in [0.5, 0.6) is 11.5 Å². The Labute approximate surface area is 196 Å². The molecule has 1 aromatic rings. The minimum Gasteiger partial charge on any atom is -0.490 e. The van der Waals surface area contributed by atoms with Crippen molar-refractivity contribution in [3.8, 4) is 11.5 Å². The van der Waals surface area contributed by atoms with Gasteiger partial charge >= 0.3 is 6.03 Å². The summed E-state index contributed by atoms with van der Waals surface area (Å²) >= 11 is 2.16. The Morgan fingerprint density at radius 2 is 1.90 bits per heavy atom. The molecule has 168 valence electrons. The zero-order valence-corrected chi connectivity index (χ0v) is 20.4. The number of imide groups is 2. The van der Waals surface area contributed by atoms with Crippen LogP contribution in [0.1, 0.15) is 64.9 Å². The summed E-state index contributed by atoms with van der Waals surface area (Å²) in [6.45, 7) is 6.38. The molecular weight excluding hydrogens is 511 g/mol. The lowest BCUT2D eigenvalue weighted by Crippen LogP contribution is -2.58. The van der Waals surface area contributed by atoms with Crippen LogP contribution in [0.3, 0.4) is 0 Å². The molecule has 1 N–H and O–H groups in total. The third-order valence-electron chi connectivity index (χ3n) is 5.61. The van der Waals surface area contributed by atoms with Crippen molar-refractivity contribution in [1.29, 1.82) is 0 Å². The lowest BCUT2D eigenvalue weighted by Gasteiger charge is -2.35. The van der Waals surface area contributed by atoms with E-state index in [1.54, 1.807) is 6.07 Å². The normalized spacial score (nSPS) is 20.1. The van der Waals surface area contributed by atoms with E-state index in [2.05, 4.69) is 27.9 Å². The van der Waals surface area contributed by atoms with E-state index in [0.29, 0.717) is 23.7 Å². The van der Waals surface area contributed by atoms with Crippen LogP contribution >= 0.6 is 22.6 Å². The molecule has 31 heavy (non-hydrogen) atoms. The maximum atomic E-state index is 13.1. The first-order chi connectivity index (χ1) is 14.8. The molecule has 1 heterocycles. The van der Waals surface area contributed by atoms with E-state index in [9.17, 15) is 14.4 Å². The molecule has 0 spiro atoms. The third kappa shape index (κ3) is 5.39. The first kappa shape index (κ1) is 23.6. The van der Waals surface area contributed by atoms with Crippen molar-refractivity contribution in [1.82, 2.24) is 10.2 Å². The molecule has 8 heteroatoms. The highest BCUT2D eigenvalue weighted by Crippen LogP contribution is 2.36. The molecule has 1 aliphatic heterocycles. The predicted molar refractivity (Wildman–Crippen MR) is 126 cm³/mol. The van der Waals surface area contributed by atoms with Crippen molar-refractivity contribution in [2.75, 3.05) is 6.61 Å². The van der Waals surface area contributed by atoms with E-state index in [-0.39, 0.29) is 17.7 Å². The highest BCUT2D eigenvalue weighted by Gasteiger charge is 2.40. The first-order valence-electron chi connectivity index (χ1n) is 10.9. The van der Waals surface area contributed by atoms with Crippen LogP contribution in [-0.4, -0.2) is 41.5 Å². The zero-order chi connectivity index (χ0) is 22.5. The molecule has 4 amide bonds. The van der Waals surface area contributed by atoms with Crippen LogP contribution in [-0.2, 0) is 9.59 Å². The molecule has 7 nitrogen and oxygen atoms in total. The second-order valence-corrected chi connectivity index (χ2v) is 9.05. The SMILES string of the molecule is CCOc1cc(/C=C2\C(=O)NC(=O)N(C3CCCCC3)C2=O)cc(I)c1O[C@@H](C)CC. The van der Waals surface area contributed by atoms with E-state index >= 15 is 0 Å². The number of rotatable bonds is 7. The molecule has 1 aliphatic carbocycles. The Balaban J connectivity index is 1.95. The molecule has 1 saturated heterocycles. The topological polar surface area (TPSA) is 84.9 Å². The van der Waals surface area contributed by atoms with Crippen molar-refractivity contribution < 1.29 is 23.9 Å². The molecule has 1 saturated carbocycles. The second-order valence-electron chi connectivity index (χ2n) is 7.88. The maximum Gasteiger partial charge on any atom is 0.331 e. The van der Waals surface area contributed by atoms with Gasteiger partial charge in [-0.25, -0.2) is 4.79 Å². The molecule has 2 aliphatic rings. The summed E-state index contributed by atoms with van der Waals surface area (Å²) in [6.07, 6.45) is 7.00. The fraction of sp³-hybridized carbons (Fsp3) is 0.522. The minimum atomic E-state index is -0.671. The van der Waals surface area contributed by atoms with Gasteiger partial charge in [0.1, 0.15) is 5.57 Å². The highest BCUT2D eigenvalue weighted by molar-refractivity contribution is 14.1. The van der Waals surface area contributed by atoms with Gasteiger partial charge in [-0.05, 0) is 79.5 Å². The van der Waals surface area contributed by atoms with Gasteiger partial charge in [0, 0.05) is 6.04 Å². The van der Waals surface area contributed by atoms with Crippen LogP contribution in [0, 0.1) is 3.57 Å². The van der Waals surface area contributed by atoms with Gasteiger partial charge in [0.25, 0.3) is 11.8 Å². The molecule has 0 aromatic heterocycles. The summed E-state index contributed by atoms with van der Waals surface area (Å²) in [5.41, 5.74) is 0.597. The average molecular weight is 540 g/mol. The molecule has 2 fully saturated rings. The van der Waals surface area contributed by atoms with E-state index in [1.807, 2.05) is 26.8 Å². The Bertz CT molecular complexity index is 892. The number of benzene rings is 1. The fourth-order valence-electron chi connectivity index (χ4n) is 3.84. The van der Waals surface area contributed by atoms with Crippen LogP contribution in [0.2, 0.25) is 0 Å². The summed E-state index contributed by atoms with van der Waals surface area (Å²) in [5.74, 6) is 0.00585. The van der Waals surface area contributed by atoms with Crippen molar-refractivity contribution in [2.45, 2.75) is 71.4 Å². The number of hydrogen-bond donors (Lipinski definition) is 1.